The fourth-order valence-corrected chi connectivity index (χ4v) is 3.80. The van der Waals surface area contributed by atoms with Crippen LogP contribution in [0.15, 0.2) is 29.1 Å². The minimum Gasteiger partial charge on any atom is -0.364 e. The Bertz CT molecular complexity index is 1050. The second kappa shape index (κ2) is 6.57. The maximum atomic E-state index is 12.6. The standard InChI is InChI=1S/C18H18ClN5O2/c19-11-6-4-5-10(9-11)16-21-13(15(20)25)14-17(23-16)24(18(26)22-14)12-7-2-1-3-8-12/h4-6,9,12H,1-3,7-8H2,(H2,20,25)(H,22,26). The van der Waals surface area contributed by atoms with E-state index < -0.39 is 5.91 Å². The van der Waals surface area contributed by atoms with E-state index in [1.54, 1.807) is 28.8 Å². The van der Waals surface area contributed by atoms with Crippen molar-refractivity contribution in [1.29, 1.82) is 0 Å². The summed E-state index contributed by atoms with van der Waals surface area (Å²) in [7, 11) is 0. The second-order valence-corrected chi connectivity index (χ2v) is 7.00. The predicted octanol–water partition coefficient (Wildman–Crippen LogP) is 3.04. The zero-order valence-electron chi connectivity index (χ0n) is 14.0. The summed E-state index contributed by atoms with van der Waals surface area (Å²) in [4.78, 5) is 36.1. The van der Waals surface area contributed by atoms with Gasteiger partial charge in [0, 0.05) is 16.6 Å². The average Bonchev–Trinajstić information content (AvgIpc) is 2.97. The number of nitrogens with zero attached hydrogens (tertiary/aromatic N) is 3. The molecule has 1 aliphatic rings. The quantitative estimate of drug-likeness (QED) is 0.737. The minimum atomic E-state index is -0.710. The van der Waals surface area contributed by atoms with E-state index >= 15 is 0 Å². The summed E-state index contributed by atoms with van der Waals surface area (Å²) >= 11 is 6.06. The molecule has 1 aliphatic carbocycles. The van der Waals surface area contributed by atoms with Crippen LogP contribution in [-0.4, -0.2) is 25.4 Å². The lowest BCUT2D eigenvalue weighted by atomic mass is 9.95. The molecule has 1 saturated carbocycles. The van der Waals surface area contributed by atoms with E-state index in [0.717, 1.165) is 25.7 Å². The highest BCUT2D eigenvalue weighted by Crippen LogP contribution is 2.30. The van der Waals surface area contributed by atoms with Gasteiger partial charge in [-0.1, -0.05) is 43.0 Å². The van der Waals surface area contributed by atoms with Crippen LogP contribution in [0.4, 0.5) is 0 Å². The van der Waals surface area contributed by atoms with Crippen LogP contribution in [0.5, 0.6) is 0 Å². The molecule has 1 aromatic carbocycles. The minimum absolute atomic E-state index is 0.0108. The summed E-state index contributed by atoms with van der Waals surface area (Å²) in [5.74, 6) is -0.393. The number of hydrogen-bond donors (Lipinski definition) is 2. The van der Waals surface area contributed by atoms with Crippen LogP contribution >= 0.6 is 11.6 Å². The number of aromatic nitrogens is 4. The summed E-state index contributed by atoms with van der Waals surface area (Å²) < 4.78 is 1.65. The van der Waals surface area contributed by atoms with Gasteiger partial charge in [-0.3, -0.25) is 9.36 Å². The van der Waals surface area contributed by atoms with Gasteiger partial charge < -0.3 is 10.7 Å². The first-order valence-electron chi connectivity index (χ1n) is 8.62. The van der Waals surface area contributed by atoms with Crippen LogP contribution < -0.4 is 11.4 Å². The van der Waals surface area contributed by atoms with Crippen LogP contribution in [0.3, 0.4) is 0 Å². The molecule has 0 aliphatic heterocycles. The molecule has 0 radical (unpaired) electrons. The summed E-state index contributed by atoms with van der Waals surface area (Å²) in [6, 6.07) is 7.09. The van der Waals surface area contributed by atoms with Gasteiger partial charge in [0.05, 0.1) is 0 Å². The maximum Gasteiger partial charge on any atom is 0.327 e. The van der Waals surface area contributed by atoms with E-state index in [2.05, 4.69) is 15.0 Å². The molecule has 3 N–H and O–H groups in total. The summed E-state index contributed by atoms with van der Waals surface area (Å²) in [5, 5.41) is 0.533. The number of H-pyrrole nitrogens is 1. The molecule has 26 heavy (non-hydrogen) atoms. The number of hydrogen-bond acceptors (Lipinski definition) is 4. The topological polar surface area (TPSA) is 107 Å². The maximum absolute atomic E-state index is 12.6. The number of imidazole rings is 1. The molecule has 0 bridgehead atoms. The molecule has 8 heteroatoms. The Balaban J connectivity index is 1.98. The second-order valence-electron chi connectivity index (χ2n) is 6.56. The highest BCUT2D eigenvalue weighted by atomic mass is 35.5. The van der Waals surface area contributed by atoms with Crippen molar-refractivity contribution >= 4 is 28.7 Å². The number of halogens is 1. The van der Waals surface area contributed by atoms with Gasteiger partial charge in [-0.2, -0.15) is 0 Å². The Kier molecular flexibility index (Phi) is 4.24. The Morgan fingerprint density at radius 1 is 1.23 bits per heavy atom. The highest BCUT2D eigenvalue weighted by molar-refractivity contribution is 6.30. The van der Waals surface area contributed by atoms with Crippen LogP contribution in [0.1, 0.15) is 48.6 Å². The van der Waals surface area contributed by atoms with E-state index in [1.165, 1.54) is 6.42 Å². The first kappa shape index (κ1) is 16.8. The van der Waals surface area contributed by atoms with E-state index in [4.69, 9.17) is 17.3 Å². The lowest BCUT2D eigenvalue weighted by Gasteiger charge is -2.22. The number of rotatable bonds is 3. The van der Waals surface area contributed by atoms with Crippen molar-refractivity contribution in [2.45, 2.75) is 38.1 Å². The van der Waals surface area contributed by atoms with Gasteiger partial charge >= 0.3 is 5.69 Å². The molecule has 134 valence electrons. The van der Waals surface area contributed by atoms with Crippen LogP contribution in [0, 0.1) is 0 Å². The van der Waals surface area contributed by atoms with Crippen molar-refractivity contribution in [3.63, 3.8) is 0 Å². The van der Waals surface area contributed by atoms with Gasteiger partial charge in [-0.05, 0) is 25.0 Å². The number of nitrogens with one attached hydrogen (secondary N) is 1. The molecule has 3 aromatic rings. The Morgan fingerprint density at radius 2 is 2.00 bits per heavy atom. The van der Waals surface area contributed by atoms with Gasteiger partial charge in [0.15, 0.2) is 17.2 Å². The fourth-order valence-electron chi connectivity index (χ4n) is 3.61. The summed E-state index contributed by atoms with van der Waals surface area (Å²) in [5.41, 5.74) is 6.60. The van der Waals surface area contributed by atoms with Crippen LogP contribution in [0.2, 0.25) is 5.02 Å². The number of aromatic amines is 1. The van der Waals surface area contributed by atoms with Crippen molar-refractivity contribution < 1.29 is 4.79 Å². The van der Waals surface area contributed by atoms with Crippen molar-refractivity contribution in [2.24, 2.45) is 5.73 Å². The van der Waals surface area contributed by atoms with Crippen LogP contribution in [0.25, 0.3) is 22.6 Å². The van der Waals surface area contributed by atoms with Crippen LogP contribution in [-0.2, 0) is 0 Å². The number of nitrogens with two attached hydrogens (primary N) is 1. The van der Waals surface area contributed by atoms with Crippen molar-refractivity contribution in [3.8, 4) is 11.4 Å². The van der Waals surface area contributed by atoms with E-state index in [1.807, 2.05) is 0 Å². The first-order valence-corrected chi connectivity index (χ1v) is 9.00. The average molecular weight is 372 g/mol. The van der Waals surface area contributed by atoms with Crippen molar-refractivity contribution in [2.75, 3.05) is 0 Å². The molecule has 2 heterocycles. The lowest BCUT2D eigenvalue weighted by molar-refractivity contribution is 0.0997. The number of primary amides is 1. The molecule has 0 spiro atoms. The normalized spacial score (nSPS) is 15.4. The monoisotopic (exact) mass is 371 g/mol. The smallest absolute Gasteiger partial charge is 0.327 e. The number of benzene rings is 1. The highest BCUT2D eigenvalue weighted by Gasteiger charge is 2.24. The number of carbonyl (C=O) groups is 1. The zero-order valence-corrected chi connectivity index (χ0v) is 14.8. The van der Waals surface area contributed by atoms with Gasteiger partial charge in [0.2, 0.25) is 0 Å². The number of amides is 1. The number of carbonyl (C=O) groups excluding carboxylic acids is 1. The van der Waals surface area contributed by atoms with E-state index in [0.29, 0.717) is 27.6 Å². The largest absolute Gasteiger partial charge is 0.364 e. The van der Waals surface area contributed by atoms with Crippen molar-refractivity contribution in [1.82, 2.24) is 19.5 Å². The molecule has 4 rings (SSSR count). The molecule has 0 saturated heterocycles. The van der Waals surface area contributed by atoms with Gasteiger partial charge in [-0.15, -0.1) is 0 Å². The van der Waals surface area contributed by atoms with Gasteiger partial charge in [-0.25, -0.2) is 14.8 Å². The molecule has 1 amide bonds. The summed E-state index contributed by atoms with van der Waals surface area (Å²) in [6.07, 6.45) is 5.13. The number of fused-ring (bicyclic) bond motifs is 1. The van der Waals surface area contributed by atoms with Gasteiger partial charge in [0.25, 0.3) is 5.91 Å². The molecule has 2 aromatic heterocycles. The zero-order chi connectivity index (χ0) is 18.3. The lowest BCUT2D eigenvalue weighted by Crippen LogP contribution is -2.24. The first-order chi connectivity index (χ1) is 12.5. The molecular weight excluding hydrogens is 354 g/mol. The van der Waals surface area contributed by atoms with Crippen molar-refractivity contribution in [3.05, 3.63) is 45.5 Å². The molecule has 0 unspecified atom stereocenters. The summed E-state index contributed by atoms with van der Waals surface area (Å²) in [6.45, 7) is 0. The van der Waals surface area contributed by atoms with E-state index in [-0.39, 0.29) is 17.4 Å². The third-order valence-electron chi connectivity index (χ3n) is 4.82. The molecule has 7 nitrogen and oxygen atoms in total. The third kappa shape index (κ3) is 2.88. The predicted molar refractivity (Wildman–Crippen MR) is 99.2 cm³/mol. The van der Waals surface area contributed by atoms with Gasteiger partial charge in [0.1, 0.15) is 5.52 Å². The molecule has 1 fully saturated rings. The SMILES string of the molecule is NC(=O)c1nc(-c2cccc(Cl)c2)nc2c1[nH]c(=O)n2C1CCCCC1. The fraction of sp³-hybridized carbons (Fsp3) is 0.333. The Labute approximate surface area is 154 Å². The third-order valence-corrected chi connectivity index (χ3v) is 5.06. The van der Waals surface area contributed by atoms with E-state index in [9.17, 15) is 9.59 Å². The molecular formula is C18H18ClN5O2. The Hall–Kier alpha value is -2.67. The molecule has 0 atom stereocenters. The Morgan fingerprint density at radius 3 is 2.69 bits per heavy atom.